The van der Waals surface area contributed by atoms with Gasteiger partial charge < -0.3 is 15.0 Å². The van der Waals surface area contributed by atoms with E-state index in [9.17, 15) is 18.0 Å². The number of methoxy groups -OCH3 is 1. The molecule has 8 nitrogen and oxygen atoms in total. The van der Waals surface area contributed by atoms with Crippen molar-refractivity contribution in [2.45, 2.75) is 65.6 Å². The van der Waals surface area contributed by atoms with Crippen molar-refractivity contribution in [1.29, 1.82) is 0 Å². The van der Waals surface area contributed by atoms with Gasteiger partial charge in [0.1, 0.15) is 11.8 Å². The zero-order chi connectivity index (χ0) is 26.9. The molecule has 0 aliphatic rings. The third-order valence-corrected chi connectivity index (χ3v) is 7.48. The number of anilines is 1. The Morgan fingerprint density at radius 3 is 2.25 bits per heavy atom. The lowest BCUT2D eigenvalue weighted by molar-refractivity contribution is -0.140. The highest BCUT2D eigenvalue weighted by Crippen LogP contribution is 2.22. The van der Waals surface area contributed by atoms with Crippen molar-refractivity contribution in [3.05, 3.63) is 59.7 Å². The second kappa shape index (κ2) is 13.3. The lowest BCUT2D eigenvalue weighted by Gasteiger charge is -2.30. The van der Waals surface area contributed by atoms with Gasteiger partial charge in [-0.25, -0.2) is 8.42 Å². The average Bonchev–Trinajstić information content (AvgIpc) is 2.84. The molecular weight excluding hydrogens is 478 g/mol. The molecule has 0 aliphatic heterocycles. The van der Waals surface area contributed by atoms with Crippen LogP contribution < -0.4 is 14.4 Å². The van der Waals surface area contributed by atoms with Gasteiger partial charge >= 0.3 is 0 Å². The Labute approximate surface area is 215 Å². The van der Waals surface area contributed by atoms with Gasteiger partial charge in [-0.1, -0.05) is 31.2 Å². The van der Waals surface area contributed by atoms with Crippen molar-refractivity contribution in [2.75, 3.05) is 24.2 Å². The molecule has 0 saturated carbocycles. The van der Waals surface area contributed by atoms with E-state index in [1.54, 1.807) is 43.2 Å². The molecule has 0 saturated heterocycles. The number of nitrogens with one attached hydrogen (secondary N) is 1. The van der Waals surface area contributed by atoms with Crippen LogP contribution in [0.2, 0.25) is 0 Å². The number of nitrogens with zero attached hydrogens (tertiary/aromatic N) is 2. The molecule has 36 heavy (non-hydrogen) atoms. The van der Waals surface area contributed by atoms with Crippen LogP contribution in [0.5, 0.6) is 5.75 Å². The largest absolute Gasteiger partial charge is 0.497 e. The molecule has 0 aromatic heterocycles. The van der Waals surface area contributed by atoms with Crippen LogP contribution in [-0.4, -0.2) is 57.1 Å². The first kappa shape index (κ1) is 29.2. The molecule has 0 unspecified atom stereocenters. The summed E-state index contributed by atoms with van der Waals surface area (Å²) in [4.78, 5) is 27.8. The molecule has 198 valence electrons. The first-order valence-electron chi connectivity index (χ1n) is 12.2. The molecule has 0 spiro atoms. The molecule has 2 aromatic carbocycles. The van der Waals surface area contributed by atoms with Crippen LogP contribution in [0.15, 0.2) is 48.5 Å². The highest BCUT2D eigenvalue weighted by molar-refractivity contribution is 7.92. The van der Waals surface area contributed by atoms with Crippen LogP contribution in [-0.2, 0) is 26.2 Å². The number of rotatable bonds is 13. The number of ether oxygens (including phenoxy) is 1. The molecule has 0 radical (unpaired) electrons. The van der Waals surface area contributed by atoms with E-state index in [0.29, 0.717) is 24.4 Å². The van der Waals surface area contributed by atoms with Gasteiger partial charge in [-0.05, 0) is 69.0 Å². The first-order valence-corrected chi connectivity index (χ1v) is 14.1. The number of aryl methyl sites for hydroxylation is 1. The fourth-order valence-corrected chi connectivity index (χ4v) is 4.74. The Morgan fingerprint density at radius 1 is 1.06 bits per heavy atom. The van der Waals surface area contributed by atoms with Crippen molar-refractivity contribution >= 4 is 27.5 Å². The van der Waals surface area contributed by atoms with E-state index in [1.165, 1.54) is 4.31 Å². The highest BCUT2D eigenvalue weighted by atomic mass is 32.2. The van der Waals surface area contributed by atoms with E-state index >= 15 is 0 Å². The minimum Gasteiger partial charge on any atom is -0.497 e. The quantitative estimate of drug-likeness (QED) is 0.435. The third-order valence-electron chi connectivity index (χ3n) is 6.28. The molecular formula is C27H39N3O5S. The van der Waals surface area contributed by atoms with Crippen LogP contribution in [0.1, 0.15) is 51.2 Å². The predicted octanol–water partition coefficient (Wildman–Crippen LogP) is 3.88. The molecule has 0 heterocycles. The molecule has 9 heteroatoms. The van der Waals surface area contributed by atoms with E-state index in [2.05, 4.69) is 5.32 Å². The summed E-state index contributed by atoms with van der Waals surface area (Å²) in [6.45, 7) is 8.06. The van der Waals surface area contributed by atoms with Crippen molar-refractivity contribution in [2.24, 2.45) is 0 Å². The number of sulfonamides is 1. The monoisotopic (exact) mass is 517 g/mol. The van der Waals surface area contributed by atoms with Crippen molar-refractivity contribution < 1.29 is 22.7 Å². The first-order chi connectivity index (χ1) is 17.0. The van der Waals surface area contributed by atoms with Crippen LogP contribution in [0, 0.1) is 6.92 Å². The summed E-state index contributed by atoms with van der Waals surface area (Å²) in [5.74, 6) is 0.217. The number of benzene rings is 2. The molecule has 2 atom stereocenters. The Balaban J connectivity index is 2.18. The van der Waals surface area contributed by atoms with Gasteiger partial charge in [-0.15, -0.1) is 0 Å². The van der Waals surface area contributed by atoms with Gasteiger partial charge in [0.25, 0.3) is 0 Å². The summed E-state index contributed by atoms with van der Waals surface area (Å²) < 4.78 is 31.3. The van der Waals surface area contributed by atoms with E-state index < -0.39 is 16.1 Å². The predicted molar refractivity (Wildman–Crippen MR) is 144 cm³/mol. The zero-order valence-corrected chi connectivity index (χ0v) is 23.0. The Bertz CT molecular complexity index is 1120. The van der Waals surface area contributed by atoms with Crippen LogP contribution >= 0.6 is 0 Å². The van der Waals surface area contributed by atoms with Gasteiger partial charge in [0.05, 0.1) is 19.1 Å². The number of carbonyl (C=O) groups is 2. The van der Waals surface area contributed by atoms with Gasteiger partial charge in [0.15, 0.2) is 0 Å². The van der Waals surface area contributed by atoms with Crippen molar-refractivity contribution in [3.63, 3.8) is 0 Å². The zero-order valence-electron chi connectivity index (χ0n) is 22.2. The summed E-state index contributed by atoms with van der Waals surface area (Å²) in [6, 6.07) is 13.8. The third kappa shape index (κ3) is 8.26. The molecule has 0 bridgehead atoms. The van der Waals surface area contributed by atoms with Gasteiger partial charge in [-0.3, -0.25) is 13.9 Å². The van der Waals surface area contributed by atoms with Crippen LogP contribution in [0.3, 0.4) is 0 Å². The molecule has 0 aliphatic carbocycles. The molecule has 2 amide bonds. The second-order valence-electron chi connectivity index (χ2n) is 9.08. The SMILES string of the molecule is CC[C@H](C)NC(=O)[C@@H](C)N(Cc1ccccc1C)C(=O)CCCN(c1ccc(OC)cc1)S(C)(=O)=O. The summed E-state index contributed by atoms with van der Waals surface area (Å²) in [5, 5.41) is 2.96. The standard InChI is InChI=1S/C27H39N3O5S/c1-7-21(3)28-27(32)22(4)29(19-23-12-9-8-11-20(23)2)26(31)13-10-18-30(36(6,33)34)24-14-16-25(35-5)17-15-24/h8-9,11-12,14-17,21-22H,7,10,13,18-19H2,1-6H3,(H,28,32)/t21-,22+/m0/s1. The smallest absolute Gasteiger partial charge is 0.242 e. The Kier molecular flexibility index (Phi) is 10.8. The average molecular weight is 518 g/mol. The number of hydrogen-bond donors (Lipinski definition) is 1. The summed E-state index contributed by atoms with van der Waals surface area (Å²) in [6.07, 6.45) is 2.35. The maximum absolute atomic E-state index is 13.4. The second-order valence-corrected chi connectivity index (χ2v) is 11.0. The maximum Gasteiger partial charge on any atom is 0.242 e. The summed E-state index contributed by atoms with van der Waals surface area (Å²) in [7, 11) is -2.01. The van der Waals surface area contributed by atoms with Crippen LogP contribution in [0.25, 0.3) is 0 Å². The van der Waals surface area contributed by atoms with Gasteiger partial charge in [-0.2, -0.15) is 0 Å². The Morgan fingerprint density at radius 2 is 1.69 bits per heavy atom. The van der Waals surface area contributed by atoms with E-state index in [1.807, 2.05) is 45.0 Å². The number of amides is 2. The fourth-order valence-electron chi connectivity index (χ4n) is 3.77. The topological polar surface area (TPSA) is 96.0 Å². The Hall–Kier alpha value is -3.07. The van der Waals surface area contributed by atoms with E-state index in [4.69, 9.17) is 4.74 Å². The molecule has 2 rings (SSSR count). The van der Waals surface area contributed by atoms with E-state index in [-0.39, 0.29) is 30.8 Å². The molecule has 1 N–H and O–H groups in total. The lowest BCUT2D eigenvalue weighted by atomic mass is 10.1. The van der Waals surface area contributed by atoms with E-state index in [0.717, 1.165) is 23.8 Å². The highest BCUT2D eigenvalue weighted by Gasteiger charge is 2.27. The minimum atomic E-state index is -3.55. The van der Waals surface area contributed by atoms with Crippen molar-refractivity contribution in [3.8, 4) is 5.75 Å². The number of hydrogen-bond acceptors (Lipinski definition) is 5. The molecule has 2 aromatic rings. The lowest BCUT2D eigenvalue weighted by Crippen LogP contribution is -2.49. The maximum atomic E-state index is 13.4. The van der Waals surface area contributed by atoms with Gasteiger partial charge in [0.2, 0.25) is 21.8 Å². The summed E-state index contributed by atoms with van der Waals surface area (Å²) >= 11 is 0. The van der Waals surface area contributed by atoms with Crippen LogP contribution in [0.4, 0.5) is 5.69 Å². The number of carbonyl (C=O) groups excluding carboxylic acids is 2. The molecule has 0 fully saturated rings. The van der Waals surface area contributed by atoms with Crippen molar-refractivity contribution in [1.82, 2.24) is 10.2 Å². The minimum absolute atomic E-state index is 0.00294. The fraction of sp³-hybridized carbons (Fsp3) is 0.481. The normalized spacial score (nSPS) is 12.9. The van der Waals surface area contributed by atoms with Gasteiger partial charge in [0, 0.05) is 25.6 Å². The summed E-state index contributed by atoms with van der Waals surface area (Å²) in [5.41, 5.74) is 2.50.